The third-order valence-corrected chi connectivity index (χ3v) is 1.32. The molecule has 0 aromatic heterocycles. The van der Waals surface area contributed by atoms with Gasteiger partial charge in [-0.15, -0.1) is 0 Å². The fraction of sp³-hybridized carbons (Fsp3) is 0.714. The van der Waals surface area contributed by atoms with Crippen molar-refractivity contribution in [1.82, 2.24) is 10.6 Å². The quantitative estimate of drug-likeness (QED) is 0.548. The summed E-state index contributed by atoms with van der Waals surface area (Å²) in [6, 6.07) is -1.17. The van der Waals surface area contributed by atoms with Gasteiger partial charge in [0.15, 0.2) is 0 Å². The molecule has 0 aromatic rings. The van der Waals surface area contributed by atoms with E-state index in [9.17, 15) is 18.4 Å². The second-order valence-corrected chi connectivity index (χ2v) is 2.64. The molecule has 1 unspecified atom stereocenters. The average molecular weight is 210 g/mol. The summed E-state index contributed by atoms with van der Waals surface area (Å²) in [5.74, 6) is -1.78. The van der Waals surface area contributed by atoms with Crippen molar-refractivity contribution in [2.45, 2.75) is 19.4 Å². The molecule has 7 heteroatoms. The molecule has 0 aliphatic carbocycles. The van der Waals surface area contributed by atoms with Crippen molar-refractivity contribution in [3.8, 4) is 0 Å². The Hall–Kier alpha value is -1.24. The third-order valence-electron chi connectivity index (χ3n) is 1.32. The number of alkyl halides is 2. The van der Waals surface area contributed by atoms with Crippen molar-refractivity contribution in [1.29, 1.82) is 0 Å². The number of carbonyl (C=O) groups excluding carboxylic acids is 1. The van der Waals surface area contributed by atoms with Gasteiger partial charge in [-0.3, -0.25) is 4.79 Å². The molecule has 14 heavy (non-hydrogen) atoms. The van der Waals surface area contributed by atoms with E-state index >= 15 is 0 Å². The summed E-state index contributed by atoms with van der Waals surface area (Å²) in [7, 11) is 0. The van der Waals surface area contributed by atoms with E-state index in [-0.39, 0.29) is 6.54 Å². The summed E-state index contributed by atoms with van der Waals surface area (Å²) >= 11 is 0. The summed E-state index contributed by atoms with van der Waals surface area (Å²) in [6.45, 7) is 0.339. The summed E-state index contributed by atoms with van der Waals surface area (Å²) in [6.07, 6.45) is -2.54. The van der Waals surface area contributed by atoms with E-state index in [1.807, 2.05) is 0 Å². The molecule has 0 heterocycles. The number of hydrogen-bond acceptors (Lipinski definition) is 3. The number of amides is 1. The van der Waals surface area contributed by atoms with Gasteiger partial charge in [-0.1, -0.05) is 0 Å². The first-order valence-corrected chi connectivity index (χ1v) is 3.92. The van der Waals surface area contributed by atoms with Gasteiger partial charge in [-0.05, 0) is 0 Å². The molecule has 0 radical (unpaired) electrons. The van der Waals surface area contributed by atoms with Gasteiger partial charge >= 0.3 is 5.97 Å². The Balaban J connectivity index is 3.86. The Bertz CT molecular complexity index is 211. The SMILES string of the molecule is CC(=O)NC(CNCC(F)F)C(=O)O. The summed E-state index contributed by atoms with van der Waals surface area (Å²) in [5, 5.41) is 12.9. The topological polar surface area (TPSA) is 78.4 Å². The highest BCUT2D eigenvalue weighted by Crippen LogP contribution is 1.89. The van der Waals surface area contributed by atoms with E-state index in [0.29, 0.717) is 0 Å². The van der Waals surface area contributed by atoms with Crippen LogP contribution in [-0.4, -0.2) is 42.5 Å². The number of hydrogen-bond donors (Lipinski definition) is 3. The Morgan fingerprint density at radius 2 is 1.93 bits per heavy atom. The first-order chi connectivity index (χ1) is 6.43. The zero-order valence-electron chi connectivity index (χ0n) is 7.59. The van der Waals surface area contributed by atoms with Crippen molar-refractivity contribution in [3.05, 3.63) is 0 Å². The molecular weight excluding hydrogens is 198 g/mol. The molecule has 0 fully saturated rings. The van der Waals surface area contributed by atoms with Crippen LogP contribution in [0.25, 0.3) is 0 Å². The fourth-order valence-electron chi connectivity index (χ4n) is 0.782. The molecule has 0 saturated carbocycles. The summed E-state index contributed by atoms with van der Waals surface area (Å²) < 4.78 is 23.3. The van der Waals surface area contributed by atoms with Crippen molar-refractivity contribution in [3.63, 3.8) is 0 Å². The van der Waals surface area contributed by atoms with E-state index in [1.165, 1.54) is 0 Å². The molecule has 0 bridgehead atoms. The lowest BCUT2D eigenvalue weighted by molar-refractivity contribution is -0.141. The van der Waals surface area contributed by atoms with Crippen molar-refractivity contribution in [2.75, 3.05) is 13.1 Å². The van der Waals surface area contributed by atoms with Gasteiger partial charge < -0.3 is 15.7 Å². The first-order valence-electron chi connectivity index (χ1n) is 3.92. The minimum absolute atomic E-state index is 0.223. The highest BCUT2D eigenvalue weighted by Gasteiger charge is 2.17. The van der Waals surface area contributed by atoms with E-state index < -0.39 is 30.9 Å². The van der Waals surface area contributed by atoms with Crippen molar-refractivity contribution in [2.24, 2.45) is 0 Å². The van der Waals surface area contributed by atoms with Crippen molar-refractivity contribution < 1.29 is 23.5 Å². The smallest absolute Gasteiger partial charge is 0.327 e. The van der Waals surface area contributed by atoms with Gasteiger partial charge in [0.2, 0.25) is 5.91 Å². The number of carbonyl (C=O) groups is 2. The number of halogens is 2. The first kappa shape index (κ1) is 12.8. The molecule has 82 valence electrons. The summed E-state index contributed by atoms with van der Waals surface area (Å²) in [5.41, 5.74) is 0. The Labute approximate surface area is 79.5 Å². The van der Waals surface area contributed by atoms with Gasteiger partial charge in [-0.25, -0.2) is 13.6 Å². The molecule has 0 rings (SSSR count). The van der Waals surface area contributed by atoms with E-state index in [2.05, 4.69) is 10.6 Å². The minimum atomic E-state index is -2.54. The predicted octanol–water partition coefficient (Wildman–Crippen LogP) is -0.570. The minimum Gasteiger partial charge on any atom is -0.480 e. The van der Waals surface area contributed by atoms with Gasteiger partial charge in [0, 0.05) is 13.5 Å². The van der Waals surface area contributed by atoms with Crippen LogP contribution in [0.3, 0.4) is 0 Å². The van der Waals surface area contributed by atoms with Gasteiger partial charge in [0.25, 0.3) is 6.43 Å². The van der Waals surface area contributed by atoms with Crippen LogP contribution in [0.2, 0.25) is 0 Å². The maximum absolute atomic E-state index is 11.7. The lowest BCUT2D eigenvalue weighted by atomic mass is 10.3. The van der Waals surface area contributed by atoms with Crippen LogP contribution in [0.5, 0.6) is 0 Å². The number of carboxylic acids is 1. The molecule has 5 nitrogen and oxygen atoms in total. The Morgan fingerprint density at radius 3 is 2.29 bits per heavy atom. The van der Waals surface area contributed by atoms with Crippen LogP contribution >= 0.6 is 0 Å². The maximum atomic E-state index is 11.7. The van der Waals surface area contributed by atoms with Crippen LogP contribution in [0.1, 0.15) is 6.92 Å². The molecular formula is C7H12F2N2O3. The molecule has 1 atom stereocenters. The number of nitrogens with one attached hydrogen (secondary N) is 2. The van der Waals surface area contributed by atoms with Gasteiger partial charge in [-0.2, -0.15) is 0 Å². The monoisotopic (exact) mass is 210 g/mol. The van der Waals surface area contributed by atoms with Crippen LogP contribution < -0.4 is 10.6 Å². The molecule has 0 spiro atoms. The van der Waals surface area contributed by atoms with Gasteiger partial charge in [0.1, 0.15) is 6.04 Å². The van der Waals surface area contributed by atoms with E-state index in [1.54, 1.807) is 0 Å². The average Bonchev–Trinajstić information content (AvgIpc) is 2.00. The molecule has 3 N–H and O–H groups in total. The van der Waals surface area contributed by atoms with Crippen LogP contribution in [-0.2, 0) is 9.59 Å². The maximum Gasteiger partial charge on any atom is 0.327 e. The Kier molecular flexibility index (Phi) is 5.70. The highest BCUT2D eigenvalue weighted by molar-refractivity contribution is 5.82. The molecule has 1 amide bonds. The van der Waals surface area contributed by atoms with Gasteiger partial charge in [0.05, 0.1) is 6.54 Å². The number of aliphatic carboxylic acids is 1. The molecule has 0 saturated heterocycles. The molecule has 0 aliphatic heterocycles. The second-order valence-electron chi connectivity index (χ2n) is 2.64. The zero-order valence-corrected chi connectivity index (χ0v) is 7.59. The largest absolute Gasteiger partial charge is 0.480 e. The predicted molar refractivity (Wildman–Crippen MR) is 44.1 cm³/mol. The second kappa shape index (κ2) is 6.25. The van der Waals surface area contributed by atoms with E-state index in [4.69, 9.17) is 5.11 Å². The number of carboxylic acid groups (broad SMARTS) is 1. The number of rotatable bonds is 6. The van der Waals surface area contributed by atoms with Crippen LogP contribution in [0.4, 0.5) is 8.78 Å². The third kappa shape index (κ3) is 6.30. The highest BCUT2D eigenvalue weighted by atomic mass is 19.3. The van der Waals surface area contributed by atoms with E-state index in [0.717, 1.165) is 6.92 Å². The fourth-order valence-corrected chi connectivity index (χ4v) is 0.782. The lowest BCUT2D eigenvalue weighted by Crippen LogP contribution is -2.47. The standard InChI is InChI=1S/C7H12F2N2O3/c1-4(12)11-5(7(13)14)2-10-3-6(8)9/h5-6,10H,2-3H2,1H3,(H,11,12)(H,13,14). The van der Waals surface area contributed by atoms with Crippen LogP contribution in [0.15, 0.2) is 0 Å². The summed E-state index contributed by atoms with van der Waals surface area (Å²) in [4.78, 5) is 21.0. The zero-order chi connectivity index (χ0) is 11.1. The normalized spacial score (nSPS) is 12.6. The lowest BCUT2D eigenvalue weighted by Gasteiger charge is -2.13. The molecule has 0 aliphatic rings. The Morgan fingerprint density at radius 1 is 1.36 bits per heavy atom. The van der Waals surface area contributed by atoms with Crippen molar-refractivity contribution >= 4 is 11.9 Å². The molecule has 0 aromatic carbocycles. The van der Waals surface area contributed by atoms with Crippen LogP contribution in [0, 0.1) is 0 Å².